The van der Waals surface area contributed by atoms with Crippen LogP contribution in [0.15, 0.2) is 53.0 Å². The zero-order chi connectivity index (χ0) is 13.8. The second-order valence-electron chi connectivity index (χ2n) is 4.47. The van der Waals surface area contributed by atoms with E-state index in [0.29, 0.717) is 0 Å². The standard InChI is InChI=1S/C16H18BrNO/c1-3-18(14-7-5-4-6-8-14)16-10-9-13(12(2)19)11-15(16)17/h4-12,19H,3H2,1-2H3/t12-/m0/s1. The molecule has 19 heavy (non-hydrogen) atoms. The molecule has 0 saturated heterocycles. The highest BCUT2D eigenvalue weighted by atomic mass is 79.9. The van der Waals surface area contributed by atoms with E-state index in [-0.39, 0.29) is 0 Å². The van der Waals surface area contributed by atoms with Crippen molar-refractivity contribution < 1.29 is 5.11 Å². The second-order valence-corrected chi connectivity index (χ2v) is 5.32. The highest BCUT2D eigenvalue weighted by Crippen LogP contribution is 2.33. The first-order chi connectivity index (χ1) is 9.13. The van der Waals surface area contributed by atoms with Gasteiger partial charge in [0.25, 0.3) is 0 Å². The fourth-order valence-corrected chi connectivity index (χ4v) is 2.71. The van der Waals surface area contributed by atoms with Gasteiger partial charge in [0, 0.05) is 16.7 Å². The lowest BCUT2D eigenvalue weighted by Crippen LogP contribution is -2.16. The summed E-state index contributed by atoms with van der Waals surface area (Å²) in [6.45, 7) is 4.79. The summed E-state index contributed by atoms with van der Waals surface area (Å²) >= 11 is 3.60. The minimum Gasteiger partial charge on any atom is -0.389 e. The second kappa shape index (κ2) is 6.22. The molecule has 2 aromatic carbocycles. The van der Waals surface area contributed by atoms with E-state index in [2.05, 4.69) is 39.9 Å². The van der Waals surface area contributed by atoms with Gasteiger partial charge in [-0.05, 0) is 59.6 Å². The van der Waals surface area contributed by atoms with Crippen LogP contribution in [0.1, 0.15) is 25.5 Å². The van der Waals surface area contributed by atoms with Crippen LogP contribution in [0.4, 0.5) is 11.4 Å². The van der Waals surface area contributed by atoms with E-state index in [1.807, 2.05) is 36.4 Å². The van der Waals surface area contributed by atoms with Gasteiger partial charge in [0.05, 0.1) is 11.8 Å². The van der Waals surface area contributed by atoms with Crippen molar-refractivity contribution in [1.82, 2.24) is 0 Å². The lowest BCUT2D eigenvalue weighted by atomic mass is 10.1. The van der Waals surface area contributed by atoms with Crippen LogP contribution in [-0.4, -0.2) is 11.7 Å². The maximum absolute atomic E-state index is 9.62. The Hall–Kier alpha value is -1.32. The molecule has 0 fully saturated rings. The molecule has 0 aliphatic rings. The Morgan fingerprint density at radius 2 is 1.84 bits per heavy atom. The molecule has 0 unspecified atom stereocenters. The van der Waals surface area contributed by atoms with Crippen molar-refractivity contribution in [3.63, 3.8) is 0 Å². The molecule has 0 bridgehead atoms. The number of nitrogens with zero attached hydrogens (tertiary/aromatic N) is 1. The number of benzene rings is 2. The number of rotatable bonds is 4. The smallest absolute Gasteiger partial charge is 0.0762 e. The first-order valence-corrected chi connectivity index (χ1v) is 7.23. The van der Waals surface area contributed by atoms with Crippen LogP contribution in [-0.2, 0) is 0 Å². The monoisotopic (exact) mass is 319 g/mol. The number of hydrogen-bond acceptors (Lipinski definition) is 2. The van der Waals surface area contributed by atoms with Gasteiger partial charge in [0.1, 0.15) is 0 Å². The van der Waals surface area contributed by atoms with E-state index in [1.165, 1.54) is 0 Å². The third-order valence-corrected chi connectivity index (χ3v) is 3.76. The van der Waals surface area contributed by atoms with E-state index in [4.69, 9.17) is 0 Å². The number of anilines is 2. The van der Waals surface area contributed by atoms with Gasteiger partial charge in [-0.3, -0.25) is 0 Å². The van der Waals surface area contributed by atoms with Crippen LogP contribution >= 0.6 is 15.9 Å². The number of aliphatic hydroxyl groups excluding tert-OH is 1. The van der Waals surface area contributed by atoms with E-state index in [1.54, 1.807) is 6.92 Å². The summed E-state index contributed by atoms with van der Waals surface area (Å²) in [4.78, 5) is 2.23. The lowest BCUT2D eigenvalue weighted by Gasteiger charge is -2.25. The summed E-state index contributed by atoms with van der Waals surface area (Å²) in [6, 6.07) is 16.3. The molecular weight excluding hydrogens is 302 g/mol. The van der Waals surface area contributed by atoms with Crippen molar-refractivity contribution in [2.75, 3.05) is 11.4 Å². The van der Waals surface area contributed by atoms with E-state index < -0.39 is 6.10 Å². The van der Waals surface area contributed by atoms with Gasteiger partial charge in [0.15, 0.2) is 0 Å². The van der Waals surface area contributed by atoms with Crippen LogP contribution < -0.4 is 4.90 Å². The Kier molecular flexibility index (Phi) is 4.61. The average molecular weight is 320 g/mol. The Bertz CT molecular complexity index is 540. The van der Waals surface area contributed by atoms with Crippen molar-refractivity contribution in [3.8, 4) is 0 Å². The van der Waals surface area contributed by atoms with Gasteiger partial charge in [-0.1, -0.05) is 24.3 Å². The fourth-order valence-electron chi connectivity index (χ4n) is 2.10. The van der Waals surface area contributed by atoms with E-state index in [0.717, 1.165) is 28.0 Å². The molecule has 3 heteroatoms. The molecule has 0 aromatic heterocycles. The Morgan fingerprint density at radius 3 is 2.37 bits per heavy atom. The van der Waals surface area contributed by atoms with E-state index >= 15 is 0 Å². The zero-order valence-corrected chi connectivity index (χ0v) is 12.8. The average Bonchev–Trinajstić information content (AvgIpc) is 2.42. The maximum Gasteiger partial charge on any atom is 0.0762 e. The molecule has 0 saturated carbocycles. The first-order valence-electron chi connectivity index (χ1n) is 6.43. The first kappa shape index (κ1) is 14.1. The predicted octanol–water partition coefficient (Wildman–Crippen LogP) is 4.66. The molecule has 0 aliphatic carbocycles. The van der Waals surface area contributed by atoms with Gasteiger partial charge in [0.2, 0.25) is 0 Å². The molecule has 2 nitrogen and oxygen atoms in total. The van der Waals surface area contributed by atoms with Gasteiger partial charge < -0.3 is 10.0 Å². The number of halogens is 1. The third kappa shape index (κ3) is 3.17. The summed E-state index contributed by atoms with van der Waals surface area (Å²) < 4.78 is 0.997. The molecule has 1 N–H and O–H groups in total. The van der Waals surface area contributed by atoms with E-state index in [9.17, 15) is 5.11 Å². The third-order valence-electron chi connectivity index (χ3n) is 3.13. The van der Waals surface area contributed by atoms with Crippen LogP contribution in [0.25, 0.3) is 0 Å². The zero-order valence-electron chi connectivity index (χ0n) is 11.2. The van der Waals surface area contributed by atoms with Crippen LogP contribution in [0.5, 0.6) is 0 Å². The highest BCUT2D eigenvalue weighted by molar-refractivity contribution is 9.10. The molecule has 1 atom stereocenters. The molecular formula is C16H18BrNO. The molecule has 0 aliphatic heterocycles. The SMILES string of the molecule is CCN(c1ccccc1)c1ccc([C@H](C)O)cc1Br. The van der Waals surface area contributed by atoms with Crippen LogP contribution in [0.2, 0.25) is 0 Å². The number of para-hydroxylation sites is 1. The summed E-state index contributed by atoms with van der Waals surface area (Å²) in [5, 5.41) is 9.62. The summed E-state index contributed by atoms with van der Waals surface area (Å²) in [5.41, 5.74) is 3.19. The van der Waals surface area contributed by atoms with Gasteiger partial charge in [-0.15, -0.1) is 0 Å². The minimum absolute atomic E-state index is 0.447. The van der Waals surface area contributed by atoms with Crippen molar-refractivity contribution in [3.05, 3.63) is 58.6 Å². The predicted molar refractivity (Wildman–Crippen MR) is 83.9 cm³/mol. The maximum atomic E-state index is 9.62. The topological polar surface area (TPSA) is 23.5 Å². The van der Waals surface area contributed by atoms with Crippen LogP contribution in [0.3, 0.4) is 0 Å². The molecule has 0 radical (unpaired) electrons. The quantitative estimate of drug-likeness (QED) is 0.885. The van der Waals surface area contributed by atoms with Crippen LogP contribution in [0, 0.1) is 0 Å². The Labute approximate surface area is 122 Å². The normalized spacial score (nSPS) is 12.2. The number of hydrogen-bond donors (Lipinski definition) is 1. The largest absolute Gasteiger partial charge is 0.389 e. The van der Waals surface area contributed by atoms with Crippen molar-refractivity contribution >= 4 is 27.3 Å². The lowest BCUT2D eigenvalue weighted by molar-refractivity contribution is 0.199. The van der Waals surface area contributed by atoms with Crippen molar-refractivity contribution in [2.24, 2.45) is 0 Å². The molecule has 0 spiro atoms. The highest BCUT2D eigenvalue weighted by Gasteiger charge is 2.12. The Morgan fingerprint density at radius 1 is 1.16 bits per heavy atom. The number of aliphatic hydroxyl groups is 1. The van der Waals surface area contributed by atoms with Gasteiger partial charge >= 0.3 is 0 Å². The Balaban J connectivity index is 2.39. The molecule has 2 rings (SSSR count). The summed E-state index contributed by atoms with van der Waals surface area (Å²) in [7, 11) is 0. The van der Waals surface area contributed by atoms with Crippen molar-refractivity contribution in [1.29, 1.82) is 0 Å². The van der Waals surface area contributed by atoms with Gasteiger partial charge in [-0.2, -0.15) is 0 Å². The fraction of sp³-hybridized carbons (Fsp3) is 0.250. The minimum atomic E-state index is -0.447. The molecule has 100 valence electrons. The molecule has 0 heterocycles. The van der Waals surface area contributed by atoms with Crippen molar-refractivity contribution in [2.45, 2.75) is 20.0 Å². The summed E-state index contributed by atoms with van der Waals surface area (Å²) in [5.74, 6) is 0. The summed E-state index contributed by atoms with van der Waals surface area (Å²) in [6.07, 6.45) is -0.447. The molecule has 0 amide bonds. The molecule has 2 aromatic rings. The van der Waals surface area contributed by atoms with Gasteiger partial charge in [-0.25, -0.2) is 0 Å².